The molecule has 1 N–H and O–H groups in total. The standard InChI is InChI=1S/C18H20F2N4O/c1-11-5-7-24(8-6-11)17-10-16(21-12(2)22-17)18(25)23-15-4-3-13(19)9-14(15)20/h3-4,9-11H,5-8H2,1-2H3,(H,23,25). The van der Waals surface area contributed by atoms with E-state index in [1.165, 1.54) is 6.07 Å². The zero-order valence-corrected chi connectivity index (χ0v) is 14.2. The van der Waals surface area contributed by atoms with Crippen molar-refractivity contribution in [3.05, 3.63) is 47.4 Å². The molecule has 2 aromatic rings. The quantitative estimate of drug-likeness (QED) is 0.923. The smallest absolute Gasteiger partial charge is 0.274 e. The lowest BCUT2D eigenvalue weighted by Crippen LogP contribution is -2.34. The van der Waals surface area contributed by atoms with E-state index in [-0.39, 0.29) is 11.4 Å². The fourth-order valence-electron chi connectivity index (χ4n) is 2.85. The lowest BCUT2D eigenvalue weighted by atomic mass is 9.99. The Morgan fingerprint density at radius 2 is 1.92 bits per heavy atom. The highest BCUT2D eigenvalue weighted by Crippen LogP contribution is 2.22. The Labute approximate surface area is 145 Å². The second kappa shape index (κ2) is 7.13. The van der Waals surface area contributed by atoms with E-state index < -0.39 is 17.5 Å². The number of carbonyl (C=O) groups excluding carboxylic acids is 1. The molecule has 0 bridgehead atoms. The van der Waals surface area contributed by atoms with Crippen LogP contribution in [0.1, 0.15) is 36.1 Å². The summed E-state index contributed by atoms with van der Waals surface area (Å²) in [6, 6.07) is 4.61. The van der Waals surface area contributed by atoms with Gasteiger partial charge in [-0.1, -0.05) is 6.92 Å². The predicted octanol–water partition coefficient (Wildman–Crippen LogP) is 3.55. The number of aryl methyl sites for hydroxylation is 1. The molecule has 0 unspecified atom stereocenters. The SMILES string of the molecule is Cc1nc(C(=O)Nc2ccc(F)cc2F)cc(N2CCC(C)CC2)n1. The lowest BCUT2D eigenvalue weighted by molar-refractivity contribution is 0.102. The van der Waals surface area contributed by atoms with Gasteiger partial charge in [0.1, 0.15) is 29.0 Å². The zero-order chi connectivity index (χ0) is 18.0. The third kappa shape index (κ3) is 4.10. The van der Waals surface area contributed by atoms with E-state index in [9.17, 15) is 13.6 Å². The molecule has 132 valence electrons. The van der Waals surface area contributed by atoms with Crippen LogP contribution in [0.5, 0.6) is 0 Å². The average Bonchev–Trinajstić information content (AvgIpc) is 2.57. The fraction of sp³-hybridized carbons (Fsp3) is 0.389. The molecule has 25 heavy (non-hydrogen) atoms. The summed E-state index contributed by atoms with van der Waals surface area (Å²) in [4.78, 5) is 23.1. The number of carbonyl (C=O) groups is 1. The summed E-state index contributed by atoms with van der Waals surface area (Å²) < 4.78 is 26.7. The monoisotopic (exact) mass is 346 g/mol. The van der Waals surface area contributed by atoms with Crippen molar-refractivity contribution in [3.8, 4) is 0 Å². The molecule has 0 aliphatic carbocycles. The molecule has 7 heteroatoms. The van der Waals surface area contributed by atoms with Crippen molar-refractivity contribution >= 4 is 17.4 Å². The number of amides is 1. The van der Waals surface area contributed by atoms with Gasteiger partial charge in [-0.05, 0) is 37.8 Å². The molecule has 1 aliphatic heterocycles. The maximum Gasteiger partial charge on any atom is 0.274 e. The molecule has 1 aliphatic rings. The Hall–Kier alpha value is -2.57. The molecule has 3 rings (SSSR count). The van der Waals surface area contributed by atoms with Crippen molar-refractivity contribution in [1.29, 1.82) is 0 Å². The van der Waals surface area contributed by atoms with E-state index in [0.717, 1.165) is 38.1 Å². The highest BCUT2D eigenvalue weighted by atomic mass is 19.1. The van der Waals surface area contributed by atoms with Gasteiger partial charge in [-0.25, -0.2) is 18.7 Å². The van der Waals surface area contributed by atoms with Gasteiger partial charge in [0.15, 0.2) is 0 Å². The van der Waals surface area contributed by atoms with E-state index in [2.05, 4.69) is 27.1 Å². The van der Waals surface area contributed by atoms with Gasteiger partial charge < -0.3 is 10.2 Å². The van der Waals surface area contributed by atoms with Crippen LogP contribution >= 0.6 is 0 Å². The third-order valence-corrected chi connectivity index (χ3v) is 4.34. The fourth-order valence-corrected chi connectivity index (χ4v) is 2.85. The van der Waals surface area contributed by atoms with Crippen LogP contribution in [0.3, 0.4) is 0 Å². The van der Waals surface area contributed by atoms with Gasteiger partial charge in [0.25, 0.3) is 5.91 Å². The van der Waals surface area contributed by atoms with Gasteiger partial charge in [0.05, 0.1) is 5.69 Å². The number of anilines is 2. The van der Waals surface area contributed by atoms with Crippen molar-refractivity contribution in [2.45, 2.75) is 26.7 Å². The Bertz CT molecular complexity index is 789. The number of hydrogen-bond acceptors (Lipinski definition) is 4. The van der Waals surface area contributed by atoms with Gasteiger partial charge in [-0.3, -0.25) is 4.79 Å². The van der Waals surface area contributed by atoms with E-state index in [1.54, 1.807) is 13.0 Å². The minimum atomic E-state index is -0.829. The first-order chi connectivity index (χ1) is 11.9. The maximum absolute atomic E-state index is 13.7. The normalized spacial score (nSPS) is 15.3. The van der Waals surface area contributed by atoms with Crippen LogP contribution in [0.25, 0.3) is 0 Å². The molecule has 2 heterocycles. The van der Waals surface area contributed by atoms with E-state index in [1.807, 2.05) is 0 Å². The van der Waals surface area contributed by atoms with Gasteiger partial charge in [-0.15, -0.1) is 0 Å². The van der Waals surface area contributed by atoms with E-state index in [0.29, 0.717) is 17.6 Å². The zero-order valence-electron chi connectivity index (χ0n) is 14.2. The number of aromatic nitrogens is 2. The molecular formula is C18H20F2N4O. The Morgan fingerprint density at radius 1 is 1.20 bits per heavy atom. The van der Waals surface area contributed by atoms with Crippen molar-refractivity contribution < 1.29 is 13.6 Å². The van der Waals surface area contributed by atoms with Crippen LogP contribution in [-0.2, 0) is 0 Å². The van der Waals surface area contributed by atoms with Crippen molar-refractivity contribution in [3.63, 3.8) is 0 Å². The molecule has 1 fully saturated rings. The molecule has 1 amide bonds. The van der Waals surface area contributed by atoms with Crippen LogP contribution < -0.4 is 10.2 Å². The molecule has 1 aromatic heterocycles. The van der Waals surface area contributed by atoms with Gasteiger partial charge in [-0.2, -0.15) is 0 Å². The number of halogens is 2. The summed E-state index contributed by atoms with van der Waals surface area (Å²) in [6.45, 7) is 5.69. The third-order valence-electron chi connectivity index (χ3n) is 4.34. The topological polar surface area (TPSA) is 58.1 Å². The van der Waals surface area contributed by atoms with Crippen molar-refractivity contribution in [2.75, 3.05) is 23.3 Å². The minimum Gasteiger partial charge on any atom is -0.356 e. The Kier molecular flexibility index (Phi) is 4.92. The summed E-state index contributed by atoms with van der Waals surface area (Å²) >= 11 is 0. The number of benzene rings is 1. The molecule has 1 aromatic carbocycles. The summed E-state index contributed by atoms with van der Waals surface area (Å²) in [5.41, 5.74) is 0.0702. The van der Waals surface area contributed by atoms with E-state index in [4.69, 9.17) is 0 Å². The number of rotatable bonds is 3. The van der Waals surface area contributed by atoms with Crippen LogP contribution in [0.2, 0.25) is 0 Å². The second-order valence-corrected chi connectivity index (χ2v) is 6.41. The number of nitrogens with one attached hydrogen (secondary N) is 1. The Balaban J connectivity index is 1.80. The average molecular weight is 346 g/mol. The first-order valence-corrected chi connectivity index (χ1v) is 8.29. The summed E-state index contributed by atoms with van der Waals surface area (Å²) in [5.74, 6) is -0.226. The number of piperidine rings is 1. The number of hydrogen-bond donors (Lipinski definition) is 1. The van der Waals surface area contributed by atoms with Crippen molar-refractivity contribution in [2.24, 2.45) is 5.92 Å². The van der Waals surface area contributed by atoms with E-state index >= 15 is 0 Å². The molecule has 1 saturated heterocycles. The highest BCUT2D eigenvalue weighted by Gasteiger charge is 2.20. The van der Waals surface area contributed by atoms with Gasteiger partial charge in [0, 0.05) is 25.2 Å². The maximum atomic E-state index is 13.7. The predicted molar refractivity (Wildman–Crippen MR) is 91.7 cm³/mol. The second-order valence-electron chi connectivity index (χ2n) is 6.41. The summed E-state index contributed by atoms with van der Waals surface area (Å²) in [7, 11) is 0. The van der Waals surface area contributed by atoms with Crippen LogP contribution in [0.4, 0.5) is 20.3 Å². The minimum absolute atomic E-state index is 0.0870. The molecular weight excluding hydrogens is 326 g/mol. The number of nitrogens with zero attached hydrogens (tertiary/aromatic N) is 3. The highest BCUT2D eigenvalue weighted by molar-refractivity contribution is 6.03. The molecule has 0 radical (unpaired) electrons. The lowest BCUT2D eigenvalue weighted by Gasteiger charge is -2.31. The molecule has 0 spiro atoms. The van der Waals surface area contributed by atoms with Gasteiger partial charge >= 0.3 is 0 Å². The van der Waals surface area contributed by atoms with Crippen LogP contribution in [0, 0.1) is 24.5 Å². The van der Waals surface area contributed by atoms with Gasteiger partial charge in [0.2, 0.25) is 0 Å². The summed E-state index contributed by atoms with van der Waals surface area (Å²) in [6.07, 6.45) is 2.15. The summed E-state index contributed by atoms with van der Waals surface area (Å²) in [5, 5.41) is 2.43. The van der Waals surface area contributed by atoms with Crippen LogP contribution in [0.15, 0.2) is 24.3 Å². The molecule has 5 nitrogen and oxygen atoms in total. The molecule has 0 atom stereocenters. The first-order valence-electron chi connectivity index (χ1n) is 8.29. The first kappa shape index (κ1) is 17.3. The van der Waals surface area contributed by atoms with Crippen molar-refractivity contribution in [1.82, 2.24) is 9.97 Å². The largest absolute Gasteiger partial charge is 0.356 e. The van der Waals surface area contributed by atoms with Crippen LogP contribution in [-0.4, -0.2) is 29.0 Å². The molecule has 0 saturated carbocycles. The Morgan fingerprint density at radius 3 is 2.60 bits per heavy atom.